The maximum absolute atomic E-state index is 12.0. The van der Waals surface area contributed by atoms with E-state index in [4.69, 9.17) is 10.5 Å². The van der Waals surface area contributed by atoms with Gasteiger partial charge in [-0.25, -0.2) is 0 Å². The van der Waals surface area contributed by atoms with E-state index in [0.29, 0.717) is 18.9 Å². The number of benzene rings is 1. The second-order valence-corrected chi connectivity index (χ2v) is 4.07. The van der Waals surface area contributed by atoms with Gasteiger partial charge in [0.25, 0.3) is 0 Å². The molecule has 0 unspecified atom stereocenters. The zero-order valence-corrected chi connectivity index (χ0v) is 10.6. The van der Waals surface area contributed by atoms with E-state index in [2.05, 4.69) is 4.74 Å². The van der Waals surface area contributed by atoms with Gasteiger partial charge in [-0.3, -0.25) is 0 Å². The lowest BCUT2D eigenvalue weighted by Crippen LogP contribution is -2.17. The van der Waals surface area contributed by atoms with Crippen LogP contribution in [-0.2, 0) is 0 Å². The van der Waals surface area contributed by atoms with Crippen molar-refractivity contribution in [3.63, 3.8) is 0 Å². The molecule has 0 saturated carbocycles. The first-order chi connectivity index (χ1) is 9.01. The maximum atomic E-state index is 12.0. The predicted octanol–water partition coefficient (Wildman–Crippen LogP) is 3.48. The first-order valence-electron chi connectivity index (χ1n) is 6.20. The Kier molecular flexibility index (Phi) is 6.49. The van der Waals surface area contributed by atoms with E-state index in [9.17, 15) is 13.2 Å². The van der Waals surface area contributed by atoms with Gasteiger partial charge in [0.15, 0.2) is 0 Å². The molecule has 0 bridgehead atoms. The lowest BCUT2D eigenvalue weighted by atomic mass is 10.2. The van der Waals surface area contributed by atoms with Gasteiger partial charge in [-0.2, -0.15) is 0 Å². The normalized spacial score (nSPS) is 11.4. The molecular weight excluding hydrogens is 259 g/mol. The highest BCUT2D eigenvalue weighted by atomic mass is 19.4. The third-order valence-corrected chi connectivity index (χ3v) is 2.41. The highest BCUT2D eigenvalue weighted by Crippen LogP contribution is 2.26. The molecule has 3 nitrogen and oxygen atoms in total. The molecule has 1 rings (SSSR count). The first kappa shape index (κ1) is 15.6. The van der Waals surface area contributed by atoms with Crippen LogP contribution < -0.4 is 15.2 Å². The average molecular weight is 277 g/mol. The molecule has 0 aromatic heterocycles. The van der Waals surface area contributed by atoms with Crippen molar-refractivity contribution in [3.05, 3.63) is 24.3 Å². The van der Waals surface area contributed by atoms with Crippen molar-refractivity contribution in [1.29, 1.82) is 0 Å². The van der Waals surface area contributed by atoms with Crippen molar-refractivity contribution in [2.45, 2.75) is 32.0 Å². The Morgan fingerprint density at radius 2 is 1.68 bits per heavy atom. The highest BCUT2D eigenvalue weighted by molar-refractivity contribution is 5.33. The molecule has 19 heavy (non-hydrogen) atoms. The van der Waals surface area contributed by atoms with E-state index in [0.717, 1.165) is 25.7 Å². The van der Waals surface area contributed by atoms with E-state index in [-0.39, 0.29) is 5.75 Å². The fourth-order valence-corrected chi connectivity index (χ4v) is 1.55. The van der Waals surface area contributed by atoms with Gasteiger partial charge in [0.05, 0.1) is 6.61 Å². The van der Waals surface area contributed by atoms with E-state index < -0.39 is 6.36 Å². The number of alkyl halides is 3. The van der Waals surface area contributed by atoms with E-state index in [1.807, 2.05) is 0 Å². The minimum Gasteiger partial charge on any atom is -0.493 e. The number of rotatable bonds is 8. The summed E-state index contributed by atoms with van der Waals surface area (Å²) in [6.45, 7) is 1.15. The molecule has 0 aliphatic rings. The van der Waals surface area contributed by atoms with Crippen molar-refractivity contribution < 1.29 is 22.6 Å². The molecule has 0 aliphatic heterocycles. The van der Waals surface area contributed by atoms with Crippen molar-refractivity contribution in [2.75, 3.05) is 13.2 Å². The van der Waals surface area contributed by atoms with Gasteiger partial charge < -0.3 is 15.2 Å². The van der Waals surface area contributed by atoms with Crippen molar-refractivity contribution in [1.82, 2.24) is 0 Å². The van der Waals surface area contributed by atoms with Crippen LogP contribution in [0.15, 0.2) is 24.3 Å². The molecule has 108 valence electrons. The Morgan fingerprint density at radius 3 is 2.37 bits per heavy atom. The summed E-state index contributed by atoms with van der Waals surface area (Å²) in [4.78, 5) is 0. The van der Waals surface area contributed by atoms with Crippen LogP contribution in [0, 0.1) is 0 Å². The van der Waals surface area contributed by atoms with Crippen LogP contribution in [-0.4, -0.2) is 19.5 Å². The van der Waals surface area contributed by atoms with Crippen LogP contribution in [0.1, 0.15) is 25.7 Å². The summed E-state index contributed by atoms with van der Waals surface area (Å²) >= 11 is 0. The van der Waals surface area contributed by atoms with Crippen molar-refractivity contribution in [3.8, 4) is 11.5 Å². The second-order valence-electron chi connectivity index (χ2n) is 4.07. The summed E-state index contributed by atoms with van der Waals surface area (Å²) in [6.07, 6.45) is -0.812. The highest BCUT2D eigenvalue weighted by Gasteiger charge is 2.31. The molecule has 0 radical (unpaired) electrons. The van der Waals surface area contributed by atoms with Gasteiger partial charge in [0.2, 0.25) is 0 Å². The number of halogens is 3. The lowest BCUT2D eigenvalue weighted by Gasteiger charge is -2.10. The van der Waals surface area contributed by atoms with Gasteiger partial charge in [0, 0.05) is 6.07 Å². The Balaban J connectivity index is 2.32. The van der Waals surface area contributed by atoms with Crippen LogP contribution in [0.25, 0.3) is 0 Å². The Hall–Kier alpha value is -1.43. The summed E-state index contributed by atoms with van der Waals surface area (Å²) in [5, 5.41) is 0. The molecule has 0 heterocycles. The third kappa shape index (κ3) is 7.56. The van der Waals surface area contributed by atoms with E-state index >= 15 is 0 Å². The van der Waals surface area contributed by atoms with Gasteiger partial charge in [-0.1, -0.05) is 18.9 Å². The third-order valence-electron chi connectivity index (χ3n) is 2.41. The maximum Gasteiger partial charge on any atom is 0.573 e. The fourth-order valence-electron chi connectivity index (χ4n) is 1.55. The summed E-state index contributed by atoms with van der Waals surface area (Å²) in [5.74, 6) is 0.105. The summed E-state index contributed by atoms with van der Waals surface area (Å²) < 4.78 is 45.2. The number of hydrogen-bond donors (Lipinski definition) is 1. The first-order valence-corrected chi connectivity index (χ1v) is 6.20. The molecule has 0 aliphatic carbocycles. The number of nitrogens with two attached hydrogens (primary N) is 1. The minimum atomic E-state index is -4.68. The average Bonchev–Trinajstić information content (AvgIpc) is 2.32. The molecule has 6 heteroatoms. The fraction of sp³-hybridized carbons (Fsp3) is 0.538. The van der Waals surface area contributed by atoms with Gasteiger partial charge in [0.1, 0.15) is 11.5 Å². The molecule has 0 atom stereocenters. The monoisotopic (exact) mass is 277 g/mol. The lowest BCUT2D eigenvalue weighted by molar-refractivity contribution is -0.274. The van der Waals surface area contributed by atoms with Crippen LogP contribution in [0.3, 0.4) is 0 Å². The van der Waals surface area contributed by atoms with Gasteiger partial charge in [-0.05, 0) is 31.5 Å². The van der Waals surface area contributed by atoms with E-state index in [1.165, 1.54) is 18.2 Å². The summed E-state index contributed by atoms with van der Waals surface area (Å²) in [7, 11) is 0. The van der Waals surface area contributed by atoms with E-state index in [1.54, 1.807) is 6.07 Å². The second kappa shape index (κ2) is 7.89. The van der Waals surface area contributed by atoms with Crippen LogP contribution in [0.2, 0.25) is 0 Å². The van der Waals surface area contributed by atoms with Gasteiger partial charge >= 0.3 is 6.36 Å². The number of unbranched alkanes of at least 4 members (excludes halogenated alkanes) is 3. The van der Waals surface area contributed by atoms with Crippen LogP contribution in [0.5, 0.6) is 11.5 Å². The molecule has 1 aromatic rings. The molecule has 0 amide bonds. The Labute approximate surface area is 110 Å². The zero-order chi connectivity index (χ0) is 14.1. The van der Waals surface area contributed by atoms with Gasteiger partial charge in [-0.15, -0.1) is 13.2 Å². The summed E-state index contributed by atoms with van der Waals surface area (Å²) in [6, 6.07) is 5.53. The van der Waals surface area contributed by atoms with Crippen LogP contribution >= 0.6 is 0 Å². The molecule has 0 fully saturated rings. The van der Waals surface area contributed by atoms with Crippen molar-refractivity contribution >= 4 is 0 Å². The number of hydrogen-bond acceptors (Lipinski definition) is 3. The molecular formula is C13H18F3NO2. The standard InChI is InChI=1S/C13H18F3NO2/c14-13(15,16)19-12-7-5-6-11(10-12)18-9-4-2-1-3-8-17/h5-7,10H,1-4,8-9,17H2. The predicted molar refractivity (Wildman–Crippen MR) is 66.1 cm³/mol. The topological polar surface area (TPSA) is 44.5 Å². The zero-order valence-electron chi connectivity index (χ0n) is 10.6. The smallest absolute Gasteiger partial charge is 0.493 e. The van der Waals surface area contributed by atoms with Crippen molar-refractivity contribution in [2.24, 2.45) is 5.73 Å². The quantitative estimate of drug-likeness (QED) is 0.740. The molecule has 1 aromatic carbocycles. The SMILES string of the molecule is NCCCCCCOc1cccc(OC(F)(F)F)c1. The number of ether oxygens (including phenoxy) is 2. The molecule has 2 N–H and O–H groups in total. The molecule has 0 spiro atoms. The van der Waals surface area contributed by atoms with Crippen LogP contribution in [0.4, 0.5) is 13.2 Å². The summed E-state index contributed by atoms with van der Waals surface area (Å²) in [5.41, 5.74) is 5.36. The molecule has 0 saturated heterocycles. The largest absolute Gasteiger partial charge is 0.573 e. The Morgan fingerprint density at radius 1 is 1.00 bits per heavy atom. The Bertz CT molecular complexity index is 369. The minimum absolute atomic E-state index is 0.270.